The standard InChI is InChI=1S/C16H15ClN6O3/c1-21-14-13(15(25)22(2)16(21)26)23(9-18-14)8-12(24)20-19-7-10-3-5-11(17)6-4-10/h3-7,9H,8H2,1-2H3,(H,20,24)/b19-7-. The molecule has 134 valence electrons. The van der Waals surface area contributed by atoms with Gasteiger partial charge in [-0.1, -0.05) is 23.7 Å². The SMILES string of the molecule is Cn1c(=O)c2c(ncn2CC(=O)N/N=C\c2ccc(Cl)cc2)n(C)c1=O. The lowest BCUT2D eigenvalue weighted by molar-refractivity contribution is -0.121. The molecule has 0 radical (unpaired) electrons. The first-order chi connectivity index (χ1) is 12.4. The molecule has 0 fully saturated rings. The quantitative estimate of drug-likeness (QED) is 0.521. The Morgan fingerprint density at radius 2 is 1.92 bits per heavy atom. The lowest BCUT2D eigenvalue weighted by Gasteiger charge is -2.05. The number of rotatable bonds is 4. The van der Waals surface area contributed by atoms with E-state index in [2.05, 4.69) is 15.5 Å². The normalized spacial score (nSPS) is 11.3. The molecule has 0 atom stereocenters. The summed E-state index contributed by atoms with van der Waals surface area (Å²) in [6, 6.07) is 6.93. The number of hydrogen-bond donors (Lipinski definition) is 1. The van der Waals surface area contributed by atoms with Gasteiger partial charge in [-0.3, -0.25) is 18.7 Å². The zero-order chi connectivity index (χ0) is 18.8. The van der Waals surface area contributed by atoms with Gasteiger partial charge in [0.2, 0.25) is 0 Å². The topological polar surface area (TPSA) is 103 Å². The molecule has 1 aromatic carbocycles. The number of aryl methyl sites for hydroxylation is 1. The van der Waals surface area contributed by atoms with Gasteiger partial charge in [-0.2, -0.15) is 5.10 Å². The summed E-state index contributed by atoms with van der Waals surface area (Å²) in [5.74, 6) is -0.439. The maximum atomic E-state index is 12.3. The zero-order valence-corrected chi connectivity index (χ0v) is 14.8. The Morgan fingerprint density at radius 1 is 1.23 bits per heavy atom. The summed E-state index contributed by atoms with van der Waals surface area (Å²) in [5.41, 5.74) is 2.54. The van der Waals surface area contributed by atoms with Gasteiger partial charge in [-0.05, 0) is 17.7 Å². The third-order valence-electron chi connectivity index (χ3n) is 3.80. The van der Waals surface area contributed by atoms with Crippen molar-refractivity contribution in [2.24, 2.45) is 19.2 Å². The highest BCUT2D eigenvalue weighted by Crippen LogP contribution is 2.08. The molecule has 2 aromatic heterocycles. The van der Waals surface area contributed by atoms with Crippen LogP contribution in [0.1, 0.15) is 5.56 Å². The Balaban J connectivity index is 1.79. The van der Waals surface area contributed by atoms with E-state index in [4.69, 9.17) is 11.6 Å². The number of fused-ring (bicyclic) bond motifs is 1. The van der Waals surface area contributed by atoms with Crippen LogP contribution in [0.25, 0.3) is 11.2 Å². The van der Waals surface area contributed by atoms with Gasteiger partial charge in [0.15, 0.2) is 11.2 Å². The van der Waals surface area contributed by atoms with E-state index in [9.17, 15) is 14.4 Å². The van der Waals surface area contributed by atoms with E-state index in [0.717, 1.165) is 10.1 Å². The molecule has 3 rings (SSSR count). The number of halogens is 1. The van der Waals surface area contributed by atoms with Gasteiger partial charge in [0.05, 0.1) is 12.5 Å². The van der Waals surface area contributed by atoms with Crippen LogP contribution in [0.3, 0.4) is 0 Å². The molecule has 3 aromatic rings. The Bertz CT molecular complexity index is 1120. The second kappa shape index (κ2) is 6.96. The lowest BCUT2D eigenvalue weighted by Crippen LogP contribution is -2.38. The highest BCUT2D eigenvalue weighted by Gasteiger charge is 2.15. The van der Waals surface area contributed by atoms with Crippen LogP contribution in [0, 0.1) is 0 Å². The van der Waals surface area contributed by atoms with Crippen LogP contribution in [0.5, 0.6) is 0 Å². The molecule has 0 bridgehead atoms. The van der Waals surface area contributed by atoms with Crippen LogP contribution in [-0.2, 0) is 25.4 Å². The van der Waals surface area contributed by atoms with Crippen molar-refractivity contribution in [2.75, 3.05) is 0 Å². The summed E-state index contributed by atoms with van der Waals surface area (Å²) in [4.78, 5) is 40.3. The molecular formula is C16H15ClN6O3. The molecule has 0 spiro atoms. The van der Waals surface area contributed by atoms with Crippen LogP contribution in [-0.4, -0.2) is 30.8 Å². The first-order valence-electron chi connectivity index (χ1n) is 7.57. The molecule has 0 saturated carbocycles. The lowest BCUT2D eigenvalue weighted by atomic mass is 10.2. The summed E-state index contributed by atoms with van der Waals surface area (Å²) in [7, 11) is 2.88. The van der Waals surface area contributed by atoms with E-state index in [0.29, 0.717) is 5.02 Å². The van der Waals surface area contributed by atoms with E-state index in [-0.39, 0.29) is 17.7 Å². The molecule has 1 amide bonds. The van der Waals surface area contributed by atoms with Crippen molar-refractivity contribution in [1.82, 2.24) is 24.1 Å². The molecular weight excluding hydrogens is 360 g/mol. The fraction of sp³-hybridized carbons (Fsp3) is 0.188. The van der Waals surface area contributed by atoms with Crippen molar-refractivity contribution in [3.8, 4) is 0 Å². The van der Waals surface area contributed by atoms with Gasteiger partial charge in [0, 0.05) is 19.1 Å². The van der Waals surface area contributed by atoms with Crippen molar-refractivity contribution in [2.45, 2.75) is 6.54 Å². The van der Waals surface area contributed by atoms with E-state index < -0.39 is 17.2 Å². The predicted molar refractivity (Wildman–Crippen MR) is 97.4 cm³/mol. The van der Waals surface area contributed by atoms with Crippen LogP contribution in [0.15, 0.2) is 45.3 Å². The predicted octanol–water partition coefficient (Wildman–Crippen LogP) is 0.237. The smallest absolute Gasteiger partial charge is 0.315 e. The summed E-state index contributed by atoms with van der Waals surface area (Å²) >= 11 is 5.80. The molecule has 0 aliphatic heterocycles. The Kier molecular flexibility index (Phi) is 4.72. The number of hydrazone groups is 1. The number of aromatic nitrogens is 4. The van der Waals surface area contributed by atoms with Gasteiger partial charge < -0.3 is 4.57 Å². The van der Waals surface area contributed by atoms with Crippen LogP contribution >= 0.6 is 11.6 Å². The highest BCUT2D eigenvalue weighted by molar-refractivity contribution is 6.30. The second-order valence-electron chi connectivity index (χ2n) is 5.60. The number of benzene rings is 1. The largest absolute Gasteiger partial charge is 0.332 e. The van der Waals surface area contributed by atoms with Gasteiger partial charge in [0.25, 0.3) is 11.5 Å². The fourth-order valence-electron chi connectivity index (χ4n) is 2.43. The average Bonchev–Trinajstić information content (AvgIpc) is 3.03. The van der Waals surface area contributed by atoms with Crippen LogP contribution < -0.4 is 16.7 Å². The van der Waals surface area contributed by atoms with Gasteiger partial charge >= 0.3 is 5.69 Å². The maximum Gasteiger partial charge on any atom is 0.332 e. The molecule has 9 nitrogen and oxygen atoms in total. The van der Waals surface area contributed by atoms with E-state index in [1.807, 2.05) is 0 Å². The van der Waals surface area contributed by atoms with E-state index >= 15 is 0 Å². The number of nitrogens with zero attached hydrogens (tertiary/aromatic N) is 5. The summed E-state index contributed by atoms with van der Waals surface area (Å²) in [6.07, 6.45) is 2.82. The van der Waals surface area contributed by atoms with Gasteiger partial charge in [0.1, 0.15) is 6.54 Å². The number of hydrogen-bond acceptors (Lipinski definition) is 5. The van der Waals surface area contributed by atoms with Gasteiger partial charge in [-0.25, -0.2) is 15.2 Å². The minimum absolute atomic E-state index is 0.165. The molecule has 0 saturated heterocycles. The van der Waals surface area contributed by atoms with Crippen molar-refractivity contribution >= 4 is 34.9 Å². The van der Waals surface area contributed by atoms with Crippen molar-refractivity contribution in [3.63, 3.8) is 0 Å². The van der Waals surface area contributed by atoms with Gasteiger partial charge in [-0.15, -0.1) is 0 Å². The molecule has 0 aliphatic rings. The molecule has 2 heterocycles. The third-order valence-corrected chi connectivity index (χ3v) is 4.06. The summed E-state index contributed by atoms with van der Waals surface area (Å²) < 4.78 is 3.60. The first kappa shape index (κ1) is 17.6. The van der Waals surface area contributed by atoms with E-state index in [1.54, 1.807) is 24.3 Å². The Hall–Kier alpha value is -3.20. The number of nitrogens with one attached hydrogen (secondary N) is 1. The van der Waals surface area contributed by atoms with Crippen LogP contribution in [0.4, 0.5) is 0 Å². The Morgan fingerprint density at radius 3 is 2.62 bits per heavy atom. The number of imidazole rings is 1. The summed E-state index contributed by atoms with van der Waals surface area (Å²) in [5, 5.41) is 4.47. The van der Waals surface area contributed by atoms with Crippen molar-refractivity contribution in [1.29, 1.82) is 0 Å². The molecule has 26 heavy (non-hydrogen) atoms. The number of carbonyl (C=O) groups excluding carboxylic acids is 1. The zero-order valence-electron chi connectivity index (χ0n) is 14.0. The molecule has 10 heteroatoms. The second-order valence-corrected chi connectivity index (χ2v) is 6.03. The van der Waals surface area contributed by atoms with Crippen molar-refractivity contribution < 1.29 is 4.79 Å². The molecule has 0 aliphatic carbocycles. The summed E-state index contributed by atoms with van der Waals surface area (Å²) in [6.45, 7) is -0.165. The Labute approximate surface area is 152 Å². The van der Waals surface area contributed by atoms with Crippen LogP contribution in [0.2, 0.25) is 5.02 Å². The molecule has 0 unspecified atom stereocenters. The first-order valence-corrected chi connectivity index (χ1v) is 7.94. The minimum Gasteiger partial charge on any atom is -0.315 e. The number of carbonyl (C=O) groups is 1. The van der Waals surface area contributed by atoms with E-state index in [1.165, 1.54) is 35.8 Å². The molecule has 1 N–H and O–H groups in total. The van der Waals surface area contributed by atoms with Crippen molar-refractivity contribution in [3.05, 3.63) is 62.0 Å². The maximum absolute atomic E-state index is 12.3. The highest BCUT2D eigenvalue weighted by atomic mass is 35.5. The minimum atomic E-state index is -0.516. The number of amides is 1. The third kappa shape index (κ3) is 3.29. The average molecular weight is 375 g/mol. The fourth-order valence-corrected chi connectivity index (χ4v) is 2.56. The monoisotopic (exact) mass is 374 g/mol.